The number of rotatable bonds is 6. The third-order valence-corrected chi connectivity index (χ3v) is 2.91. The second kappa shape index (κ2) is 5.87. The van der Waals surface area contributed by atoms with Gasteiger partial charge in [0.05, 0.1) is 5.60 Å². The Bertz CT molecular complexity index is 415. The minimum Gasteiger partial charge on any atom is -0.480 e. The maximum Gasteiger partial charge on any atom is 0.326 e. The van der Waals surface area contributed by atoms with E-state index < -0.39 is 17.6 Å². The van der Waals surface area contributed by atoms with Crippen molar-refractivity contribution in [2.75, 3.05) is 12.4 Å². The van der Waals surface area contributed by atoms with Gasteiger partial charge in [-0.05, 0) is 38.5 Å². The maximum absolute atomic E-state index is 11.3. The third kappa shape index (κ3) is 4.37. The van der Waals surface area contributed by atoms with E-state index >= 15 is 0 Å². The molecule has 0 aliphatic heterocycles. The molecular formula is C14H21NO3. The first-order valence-electron chi connectivity index (χ1n) is 5.95. The molecule has 0 amide bonds. The Labute approximate surface area is 108 Å². The summed E-state index contributed by atoms with van der Waals surface area (Å²) >= 11 is 0. The lowest BCUT2D eigenvalue weighted by Gasteiger charge is -2.27. The highest BCUT2D eigenvalue weighted by Gasteiger charge is 2.27. The van der Waals surface area contributed by atoms with E-state index in [-0.39, 0.29) is 0 Å². The molecule has 1 rings (SSSR count). The molecule has 18 heavy (non-hydrogen) atoms. The first-order chi connectivity index (χ1) is 8.34. The lowest BCUT2D eigenvalue weighted by Crippen LogP contribution is -2.38. The van der Waals surface area contributed by atoms with Gasteiger partial charge in [0.2, 0.25) is 0 Å². The molecule has 4 nitrogen and oxygen atoms in total. The van der Waals surface area contributed by atoms with E-state index in [0.29, 0.717) is 6.42 Å². The van der Waals surface area contributed by atoms with Gasteiger partial charge in [0.15, 0.2) is 0 Å². The molecule has 100 valence electrons. The van der Waals surface area contributed by atoms with Crippen LogP contribution in [0.4, 0.5) is 5.69 Å². The lowest BCUT2D eigenvalue weighted by atomic mass is 9.98. The van der Waals surface area contributed by atoms with Gasteiger partial charge in [0, 0.05) is 19.2 Å². The molecule has 0 bridgehead atoms. The molecule has 0 aliphatic rings. The van der Waals surface area contributed by atoms with Crippen molar-refractivity contribution in [2.45, 2.75) is 38.8 Å². The number of carboxylic acids is 1. The smallest absolute Gasteiger partial charge is 0.326 e. The summed E-state index contributed by atoms with van der Waals surface area (Å²) < 4.78 is 5.28. The molecule has 4 heteroatoms. The predicted octanol–water partition coefficient (Wildman–Crippen LogP) is 2.68. The van der Waals surface area contributed by atoms with Gasteiger partial charge in [0.25, 0.3) is 0 Å². The molecule has 0 heterocycles. The van der Waals surface area contributed by atoms with Gasteiger partial charge in [-0.25, -0.2) is 4.79 Å². The van der Waals surface area contributed by atoms with Crippen molar-refractivity contribution in [2.24, 2.45) is 0 Å². The maximum atomic E-state index is 11.3. The molecule has 0 spiro atoms. The van der Waals surface area contributed by atoms with Gasteiger partial charge in [0.1, 0.15) is 6.04 Å². The van der Waals surface area contributed by atoms with Crippen LogP contribution in [-0.2, 0) is 9.53 Å². The molecule has 0 saturated carbocycles. The number of nitrogens with one attached hydrogen (secondary N) is 1. The fraction of sp³-hybridized carbons (Fsp3) is 0.500. The predicted molar refractivity (Wildman–Crippen MR) is 71.9 cm³/mol. The van der Waals surface area contributed by atoms with Crippen LogP contribution < -0.4 is 5.32 Å². The zero-order chi connectivity index (χ0) is 13.8. The molecule has 1 aromatic rings. The monoisotopic (exact) mass is 251 g/mol. The van der Waals surface area contributed by atoms with E-state index in [2.05, 4.69) is 5.32 Å². The van der Waals surface area contributed by atoms with Gasteiger partial charge in [-0.3, -0.25) is 0 Å². The molecule has 0 aliphatic carbocycles. The first-order valence-corrected chi connectivity index (χ1v) is 5.95. The third-order valence-electron chi connectivity index (χ3n) is 2.91. The van der Waals surface area contributed by atoms with Gasteiger partial charge in [-0.15, -0.1) is 0 Å². The van der Waals surface area contributed by atoms with E-state index in [0.717, 1.165) is 11.3 Å². The number of hydrogen-bond donors (Lipinski definition) is 2. The number of carboxylic acid groups (broad SMARTS) is 1. The number of aliphatic carboxylic acids is 1. The molecule has 0 fully saturated rings. The molecular weight excluding hydrogens is 230 g/mol. The van der Waals surface area contributed by atoms with Crippen molar-refractivity contribution in [1.29, 1.82) is 0 Å². The van der Waals surface area contributed by atoms with Crippen LogP contribution in [0.1, 0.15) is 25.8 Å². The Kier molecular flexibility index (Phi) is 4.73. The van der Waals surface area contributed by atoms with Gasteiger partial charge in [-0.1, -0.05) is 12.1 Å². The summed E-state index contributed by atoms with van der Waals surface area (Å²) in [5.74, 6) is -0.873. The van der Waals surface area contributed by atoms with E-state index in [1.165, 1.54) is 0 Å². The van der Waals surface area contributed by atoms with Crippen molar-refractivity contribution in [3.8, 4) is 0 Å². The normalized spacial score (nSPS) is 13.1. The summed E-state index contributed by atoms with van der Waals surface area (Å²) in [4.78, 5) is 11.3. The number of benzene rings is 1. The van der Waals surface area contributed by atoms with Crippen LogP contribution in [0.3, 0.4) is 0 Å². The van der Waals surface area contributed by atoms with Crippen molar-refractivity contribution >= 4 is 11.7 Å². The van der Waals surface area contributed by atoms with Crippen LogP contribution in [0.2, 0.25) is 0 Å². The van der Waals surface area contributed by atoms with E-state index in [1.54, 1.807) is 7.11 Å². The van der Waals surface area contributed by atoms with Gasteiger partial charge >= 0.3 is 5.97 Å². The fourth-order valence-electron chi connectivity index (χ4n) is 1.71. The fourth-order valence-corrected chi connectivity index (χ4v) is 1.71. The summed E-state index contributed by atoms with van der Waals surface area (Å²) in [6.45, 7) is 5.72. The highest BCUT2D eigenvalue weighted by molar-refractivity contribution is 5.77. The van der Waals surface area contributed by atoms with Crippen LogP contribution in [0, 0.1) is 6.92 Å². The number of anilines is 1. The molecule has 0 saturated heterocycles. The van der Waals surface area contributed by atoms with E-state index in [1.807, 2.05) is 45.0 Å². The first kappa shape index (κ1) is 14.5. The molecule has 0 aromatic heterocycles. The summed E-state index contributed by atoms with van der Waals surface area (Å²) in [6.07, 6.45) is 0.396. The molecule has 0 radical (unpaired) electrons. The second-order valence-electron chi connectivity index (χ2n) is 5.07. The Balaban J connectivity index is 2.78. The number of aryl methyl sites for hydroxylation is 1. The van der Waals surface area contributed by atoms with E-state index in [4.69, 9.17) is 4.74 Å². The number of hydrogen-bond acceptors (Lipinski definition) is 3. The van der Waals surface area contributed by atoms with Crippen LogP contribution in [-0.4, -0.2) is 29.8 Å². The van der Waals surface area contributed by atoms with Crippen LogP contribution in [0.15, 0.2) is 24.3 Å². The quantitative estimate of drug-likeness (QED) is 0.816. The highest BCUT2D eigenvalue weighted by atomic mass is 16.5. The minimum atomic E-state index is -0.873. The lowest BCUT2D eigenvalue weighted by molar-refractivity contribution is -0.139. The summed E-state index contributed by atoms with van der Waals surface area (Å²) in [6, 6.07) is 7.00. The molecule has 1 atom stereocenters. The molecule has 1 unspecified atom stereocenters. The highest BCUT2D eigenvalue weighted by Crippen LogP contribution is 2.19. The Hall–Kier alpha value is -1.55. The standard InChI is InChI=1S/C14H21NO3/c1-10-6-5-7-11(8-10)15-12(13(16)17)9-14(2,3)18-4/h5-8,12,15H,9H2,1-4H3,(H,16,17). The van der Waals surface area contributed by atoms with E-state index in [9.17, 15) is 9.90 Å². The van der Waals surface area contributed by atoms with Crippen molar-refractivity contribution in [3.05, 3.63) is 29.8 Å². The van der Waals surface area contributed by atoms with Crippen LogP contribution in [0.5, 0.6) is 0 Å². The average molecular weight is 251 g/mol. The SMILES string of the molecule is COC(C)(C)CC(Nc1cccc(C)c1)C(=O)O. The number of methoxy groups -OCH3 is 1. The summed E-state index contributed by atoms with van der Waals surface area (Å²) in [5, 5.41) is 12.3. The Morgan fingerprint density at radius 2 is 2.17 bits per heavy atom. The number of carbonyl (C=O) groups is 1. The second-order valence-corrected chi connectivity index (χ2v) is 5.07. The molecule has 2 N–H and O–H groups in total. The largest absolute Gasteiger partial charge is 0.480 e. The zero-order valence-corrected chi connectivity index (χ0v) is 11.4. The van der Waals surface area contributed by atoms with Crippen molar-refractivity contribution in [3.63, 3.8) is 0 Å². The average Bonchev–Trinajstić information content (AvgIpc) is 2.28. The van der Waals surface area contributed by atoms with Gasteiger partial charge < -0.3 is 15.2 Å². The van der Waals surface area contributed by atoms with Crippen molar-refractivity contribution in [1.82, 2.24) is 0 Å². The topological polar surface area (TPSA) is 58.6 Å². The van der Waals surface area contributed by atoms with Crippen LogP contribution >= 0.6 is 0 Å². The number of ether oxygens (including phenoxy) is 1. The summed E-state index contributed by atoms with van der Waals surface area (Å²) in [5.41, 5.74) is 1.43. The van der Waals surface area contributed by atoms with Gasteiger partial charge in [-0.2, -0.15) is 0 Å². The zero-order valence-electron chi connectivity index (χ0n) is 11.4. The van der Waals surface area contributed by atoms with Crippen molar-refractivity contribution < 1.29 is 14.6 Å². The Morgan fingerprint density at radius 3 is 2.67 bits per heavy atom. The Morgan fingerprint density at radius 1 is 1.50 bits per heavy atom. The molecule has 1 aromatic carbocycles. The van der Waals surface area contributed by atoms with Crippen LogP contribution in [0.25, 0.3) is 0 Å². The minimum absolute atomic E-state index is 0.396. The summed E-state index contributed by atoms with van der Waals surface area (Å²) in [7, 11) is 1.59.